The van der Waals surface area contributed by atoms with Gasteiger partial charge in [-0.15, -0.1) is 5.10 Å². The first kappa shape index (κ1) is 18.3. The standard InChI is InChI=1S/C22H22N6S/c1-2-5-17(6-3-1)16-28-22(24-25-26-28)21(27-11-13-29-14-12-27)19-8-9-20-18(15-19)7-4-10-23-20/h1-10,15,21H,11-14,16H2. The third-order valence-corrected chi connectivity index (χ3v) is 6.28. The maximum absolute atomic E-state index is 4.48. The summed E-state index contributed by atoms with van der Waals surface area (Å²) < 4.78 is 1.94. The quantitative estimate of drug-likeness (QED) is 0.510. The summed E-state index contributed by atoms with van der Waals surface area (Å²) in [5.74, 6) is 3.15. The molecule has 0 radical (unpaired) electrons. The van der Waals surface area contributed by atoms with Gasteiger partial charge in [-0.1, -0.05) is 42.5 Å². The van der Waals surface area contributed by atoms with Crippen molar-refractivity contribution in [3.8, 4) is 0 Å². The summed E-state index contributed by atoms with van der Waals surface area (Å²) in [6, 6.07) is 21.0. The summed E-state index contributed by atoms with van der Waals surface area (Å²) in [6.45, 7) is 2.72. The minimum Gasteiger partial charge on any atom is -0.288 e. The molecule has 7 heteroatoms. The van der Waals surface area contributed by atoms with Crippen molar-refractivity contribution in [1.82, 2.24) is 30.1 Å². The molecule has 29 heavy (non-hydrogen) atoms. The first-order chi connectivity index (χ1) is 14.4. The van der Waals surface area contributed by atoms with Crippen LogP contribution in [0, 0.1) is 0 Å². The van der Waals surface area contributed by atoms with Crippen LogP contribution in [0.15, 0.2) is 66.9 Å². The van der Waals surface area contributed by atoms with Gasteiger partial charge in [0.05, 0.1) is 18.1 Å². The number of hydrogen-bond acceptors (Lipinski definition) is 6. The molecule has 0 bridgehead atoms. The van der Waals surface area contributed by atoms with Gasteiger partial charge in [0.1, 0.15) is 0 Å². The largest absolute Gasteiger partial charge is 0.288 e. The number of tetrazole rings is 1. The average molecular weight is 403 g/mol. The van der Waals surface area contributed by atoms with E-state index in [1.54, 1.807) is 0 Å². The zero-order chi connectivity index (χ0) is 19.5. The normalized spacial score (nSPS) is 16.1. The number of nitrogens with zero attached hydrogens (tertiary/aromatic N) is 6. The fourth-order valence-corrected chi connectivity index (χ4v) is 4.83. The average Bonchev–Trinajstić information content (AvgIpc) is 3.23. The van der Waals surface area contributed by atoms with E-state index in [0.29, 0.717) is 6.54 Å². The lowest BCUT2D eigenvalue weighted by Gasteiger charge is -2.33. The van der Waals surface area contributed by atoms with Crippen LogP contribution in [-0.2, 0) is 6.54 Å². The van der Waals surface area contributed by atoms with E-state index in [1.165, 1.54) is 11.1 Å². The predicted molar refractivity (Wildman–Crippen MR) is 116 cm³/mol. The summed E-state index contributed by atoms with van der Waals surface area (Å²) in [6.07, 6.45) is 1.84. The molecule has 1 fully saturated rings. The van der Waals surface area contributed by atoms with Gasteiger partial charge in [0.25, 0.3) is 0 Å². The van der Waals surface area contributed by atoms with Crippen LogP contribution in [0.3, 0.4) is 0 Å². The second kappa shape index (κ2) is 8.31. The Labute approximate surface area is 173 Å². The van der Waals surface area contributed by atoms with Crippen LogP contribution in [0.1, 0.15) is 23.0 Å². The van der Waals surface area contributed by atoms with Crippen molar-refractivity contribution in [3.63, 3.8) is 0 Å². The van der Waals surface area contributed by atoms with Crippen LogP contribution < -0.4 is 0 Å². The number of fused-ring (bicyclic) bond motifs is 1. The van der Waals surface area contributed by atoms with Gasteiger partial charge in [0, 0.05) is 36.2 Å². The molecular formula is C22H22N6S. The molecule has 5 rings (SSSR count). The number of rotatable bonds is 5. The number of hydrogen-bond donors (Lipinski definition) is 0. The monoisotopic (exact) mass is 402 g/mol. The van der Waals surface area contributed by atoms with Crippen LogP contribution in [0.4, 0.5) is 0 Å². The Morgan fingerprint density at radius 3 is 2.69 bits per heavy atom. The smallest absolute Gasteiger partial charge is 0.173 e. The Kier molecular flexibility index (Phi) is 5.23. The number of benzene rings is 2. The summed E-state index contributed by atoms with van der Waals surface area (Å²) in [7, 11) is 0. The topological polar surface area (TPSA) is 59.7 Å². The zero-order valence-electron chi connectivity index (χ0n) is 16.1. The van der Waals surface area contributed by atoms with Crippen molar-refractivity contribution in [2.75, 3.05) is 24.6 Å². The summed E-state index contributed by atoms with van der Waals surface area (Å²) in [5.41, 5.74) is 3.41. The molecule has 0 saturated carbocycles. The number of aromatic nitrogens is 5. The van der Waals surface area contributed by atoms with E-state index < -0.39 is 0 Å². The molecule has 2 aromatic heterocycles. The molecule has 1 atom stereocenters. The van der Waals surface area contributed by atoms with Crippen molar-refractivity contribution in [3.05, 3.63) is 83.8 Å². The number of pyridine rings is 1. The molecule has 146 valence electrons. The second-order valence-corrected chi connectivity index (χ2v) is 8.41. The van der Waals surface area contributed by atoms with Gasteiger partial charge in [-0.25, -0.2) is 4.68 Å². The molecule has 6 nitrogen and oxygen atoms in total. The van der Waals surface area contributed by atoms with E-state index in [9.17, 15) is 0 Å². The van der Waals surface area contributed by atoms with Crippen LogP contribution in [0.2, 0.25) is 0 Å². The molecular weight excluding hydrogens is 380 g/mol. The van der Waals surface area contributed by atoms with E-state index in [2.05, 4.69) is 73.9 Å². The van der Waals surface area contributed by atoms with Crippen molar-refractivity contribution in [1.29, 1.82) is 0 Å². The molecule has 1 aliphatic heterocycles. The lowest BCUT2D eigenvalue weighted by atomic mass is 10.0. The Morgan fingerprint density at radius 2 is 1.83 bits per heavy atom. The predicted octanol–water partition coefficient (Wildman–Crippen LogP) is 3.41. The first-order valence-corrected chi connectivity index (χ1v) is 11.0. The molecule has 2 aromatic carbocycles. The van der Waals surface area contributed by atoms with E-state index in [1.807, 2.05) is 34.8 Å². The van der Waals surface area contributed by atoms with Gasteiger partial charge in [-0.05, 0) is 39.8 Å². The van der Waals surface area contributed by atoms with Gasteiger partial charge in [-0.2, -0.15) is 11.8 Å². The third kappa shape index (κ3) is 3.88. The lowest BCUT2D eigenvalue weighted by molar-refractivity contribution is 0.235. The molecule has 4 aromatic rings. The van der Waals surface area contributed by atoms with E-state index in [0.717, 1.165) is 41.3 Å². The van der Waals surface area contributed by atoms with Gasteiger partial charge in [0.2, 0.25) is 0 Å². The van der Waals surface area contributed by atoms with Crippen molar-refractivity contribution in [2.45, 2.75) is 12.6 Å². The molecule has 0 N–H and O–H groups in total. The number of thioether (sulfide) groups is 1. The minimum absolute atomic E-state index is 0.0271. The maximum Gasteiger partial charge on any atom is 0.173 e. The fourth-order valence-electron chi connectivity index (χ4n) is 3.90. The van der Waals surface area contributed by atoms with Gasteiger partial charge < -0.3 is 0 Å². The molecule has 1 aliphatic rings. The molecule has 1 saturated heterocycles. The first-order valence-electron chi connectivity index (χ1n) is 9.85. The molecule has 0 spiro atoms. The van der Waals surface area contributed by atoms with E-state index >= 15 is 0 Å². The highest BCUT2D eigenvalue weighted by Crippen LogP contribution is 2.31. The van der Waals surface area contributed by atoms with Gasteiger partial charge in [-0.3, -0.25) is 9.88 Å². The van der Waals surface area contributed by atoms with Crippen molar-refractivity contribution >= 4 is 22.7 Å². The Hall–Kier alpha value is -2.77. The highest BCUT2D eigenvalue weighted by Gasteiger charge is 2.29. The zero-order valence-corrected chi connectivity index (χ0v) is 16.9. The Balaban J connectivity index is 1.57. The van der Waals surface area contributed by atoms with Crippen molar-refractivity contribution in [2.24, 2.45) is 0 Å². The maximum atomic E-state index is 4.48. The second-order valence-electron chi connectivity index (χ2n) is 7.19. The van der Waals surface area contributed by atoms with Crippen LogP contribution >= 0.6 is 11.8 Å². The SMILES string of the molecule is c1ccc(Cn2nnnc2C(c2ccc3ncccc3c2)N2CCSCC2)cc1. The van der Waals surface area contributed by atoms with Crippen LogP contribution in [0.25, 0.3) is 10.9 Å². The molecule has 0 amide bonds. The molecule has 1 unspecified atom stereocenters. The molecule has 0 aliphatic carbocycles. The lowest BCUT2D eigenvalue weighted by Crippen LogP contribution is -2.38. The van der Waals surface area contributed by atoms with E-state index in [-0.39, 0.29) is 6.04 Å². The summed E-state index contributed by atoms with van der Waals surface area (Å²) in [5, 5.41) is 14.0. The van der Waals surface area contributed by atoms with Crippen LogP contribution in [0.5, 0.6) is 0 Å². The highest BCUT2D eigenvalue weighted by atomic mass is 32.2. The van der Waals surface area contributed by atoms with Crippen molar-refractivity contribution < 1.29 is 0 Å². The summed E-state index contributed by atoms with van der Waals surface area (Å²) in [4.78, 5) is 6.97. The fraction of sp³-hybridized carbons (Fsp3) is 0.273. The Morgan fingerprint density at radius 1 is 0.966 bits per heavy atom. The Bertz CT molecular complexity index is 1090. The third-order valence-electron chi connectivity index (χ3n) is 5.33. The van der Waals surface area contributed by atoms with Crippen LogP contribution in [-0.4, -0.2) is 54.7 Å². The minimum atomic E-state index is 0.0271. The summed E-state index contributed by atoms with van der Waals surface area (Å²) >= 11 is 2.01. The van der Waals surface area contributed by atoms with Gasteiger partial charge in [0.15, 0.2) is 5.82 Å². The van der Waals surface area contributed by atoms with E-state index in [4.69, 9.17) is 0 Å². The molecule has 3 heterocycles. The van der Waals surface area contributed by atoms with Gasteiger partial charge >= 0.3 is 0 Å². The highest BCUT2D eigenvalue weighted by molar-refractivity contribution is 7.99.